The number of benzene rings is 3. The molecule has 0 atom stereocenters. The number of nitriles is 1. The molecule has 3 aromatic carbocycles. The first-order chi connectivity index (χ1) is 13.4. The van der Waals surface area contributed by atoms with Crippen LogP contribution < -0.4 is 4.18 Å². The fraction of sp³-hybridized carbons (Fsp3) is 0. The summed E-state index contributed by atoms with van der Waals surface area (Å²) in [4.78, 5) is 0.0260. The van der Waals surface area contributed by atoms with E-state index in [1.165, 1.54) is 36.4 Å². The number of allylic oxidation sites excluding steroid dienone is 1. The second-order valence-corrected chi connectivity index (χ2v) is 8.13. The van der Waals surface area contributed by atoms with Gasteiger partial charge in [-0.15, -0.1) is 0 Å². The number of hydrogen-bond acceptors (Lipinski definition) is 4. The molecular weight excluding hydrogens is 417 g/mol. The molecule has 0 aromatic heterocycles. The summed E-state index contributed by atoms with van der Waals surface area (Å²) in [5.74, 6) is 0.0648. The molecule has 0 spiro atoms. The van der Waals surface area contributed by atoms with E-state index >= 15 is 0 Å². The first-order valence-electron chi connectivity index (χ1n) is 8.06. The van der Waals surface area contributed by atoms with Crippen molar-refractivity contribution in [3.05, 3.63) is 94.0 Å². The highest BCUT2D eigenvalue weighted by molar-refractivity contribution is 7.87. The van der Waals surface area contributed by atoms with Crippen LogP contribution in [0.3, 0.4) is 0 Å². The van der Waals surface area contributed by atoms with Gasteiger partial charge in [-0.3, -0.25) is 0 Å². The fourth-order valence-corrected chi connectivity index (χ4v) is 3.71. The van der Waals surface area contributed by atoms with Crippen LogP contribution in [0, 0.1) is 11.3 Å². The Kier molecular flexibility index (Phi) is 6.05. The second kappa shape index (κ2) is 8.49. The maximum atomic E-state index is 12.5. The predicted octanol–water partition coefficient (Wildman–Crippen LogP) is 5.83. The molecule has 0 fully saturated rings. The normalized spacial score (nSPS) is 11.7. The lowest BCUT2D eigenvalue weighted by molar-refractivity contribution is 0.485. The van der Waals surface area contributed by atoms with Gasteiger partial charge in [0.1, 0.15) is 10.6 Å². The molecule has 0 unspecified atom stereocenters. The Bertz CT molecular complexity index is 1170. The molecule has 0 N–H and O–H groups in total. The summed E-state index contributed by atoms with van der Waals surface area (Å²) in [7, 11) is -4.03. The van der Waals surface area contributed by atoms with Crippen molar-refractivity contribution in [3.8, 4) is 11.8 Å². The van der Waals surface area contributed by atoms with Gasteiger partial charge in [-0.05, 0) is 54.1 Å². The molecule has 3 rings (SSSR count). The Balaban J connectivity index is 2.04. The van der Waals surface area contributed by atoms with Gasteiger partial charge in [0.2, 0.25) is 0 Å². The third-order valence-electron chi connectivity index (χ3n) is 3.78. The van der Waals surface area contributed by atoms with Crippen molar-refractivity contribution in [2.24, 2.45) is 0 Å². The number of rotatable bonds is 5. The lowest BCUT2D eigenvalue weighted by Gasteiger charge is -2.10. The van der Waals surface area contributed by atoms with E-state index in [9.17, 15) is 13.7 Å². The summed E-state index contributed by atoms with van der Waals surface area (Å²) in [6, 6.07) is 21.1. The van der Waals surface area contributed by atoms with Crippen LogP contribution in [0.4, 0.5) is 0 Å². The lowest BCUT2D eigenvalue weighted by atomic mass is 10.0. The van der Waals surface area contributed by atoms with E-state index in [4.69, 9.17) is 27.4 Å². The Morgan fingerprint density at radius 3 is 2.21 bits per heavy atom. The third kappa shape index (κ3) is 4.73. The molecule has 3 aromatic rings. The first-order valence-corrected chi connectivity index (χ1v) is 10.2. The quantitative estimate of drug-likeness (QED) is 0.290. The van der Waals surface area contributed by atoms with Crippen molar-refractivity contribution >= 4 is 45.0 Å². The first kappa shape index (κ1) is 20.0. The number of halogens is 2. The summed E-state index contributed by atoms with van der Waals surface area (Å²) in [5, 5.41) is 10.5. The zero-order valence-electron chi connectivity index (χ0n) is 14.3. The maximum absolute atomic E-state index is 12.5. The SMILES string of the molecule is N#C/C(=C\c1cc(Cl)ccc1OS(=O)(=O)c1ccccc1)c1ccc(Cl)cc1. The highest BCUT2D eigenvalue weighted by atomic mass is 35.5. The number of hydrogen-bond donors (Lipinski definition) is 0. The minimum absolute atomic E-state index is 0.0260. The van der Waals surface area contributed by atoms with Gasteiger partial charge in [-0.2, -0.15) is 13.7 Å². The predicted molar refractivity (Wildman–Crippen MR) is 111 cm³/mol. The van der Waals surface area contributed by atoms with Gasteiger partial charge in [-0.25, -0.2) is 0 Å². The average molecular weight is 430 g/mol. The molecular formula is C21H13Cl2NO3S. The van der Waals surface area contributed by atoms with Crippen LogP contribution in [0.25, 0.3) is 11.6 Å². The summed E-state index contributed by atoms with van der Waals surface area (Å²) in [6.07, 6.45) is 1.52. The van der Waals surface area contributed by atoms with Crippen LogP contribution in [-0.2, 0) is 10.1 Å². The molecule has 28 heavy (non-hydrogen) atoms. The van der Waals surface area contributed by atoms with Crippen LogP contribution in [0.1, 0.15) is 11.1 Å². The van der Waals surface area contributed by atoms with Crippen LogP contribution in [-0.4, -0.2) is 8.42 Å². The van der Waals surface area contributed by atoms with Gasteiger partial charge in [-0.1, -0.05) is 53.5 Å². The lowest BCUT2D eigenvalue weighted by Crippen LogP contribution is -2.10. The molecule has 0 bridgehead atoms. The molecule has 0 aliphatic rings. The molecule has 0 aliphatic heterocycles. The molecule has 0 heterocycles. The summed E-state index contributed by atoms with van der Waals surface area (Å²) < 4.78 is 30.4. The summed E-state index contributed by atoms with van der Waals surface area (Å²) >= 11 is 12.0. The molecule has 0 saturated carbocycles. The van der Waals surface area contributed by atoms with E-state index in [0.717, 1.165) is 0 Å². The Morgan fingerprint density at radius 1 is 0.929 bits per heavy atom. The van der Waals surface area contributed by atoms with Crippen molar-refractivity contribution < 1.29 is 12.6 Å². The molecule has 4 nitrogen and oxygen atoms in total. The molecule has 0 aliphatic carbocycles. The molecule has 0 radical (unpaired) electrons. The molecule has 140 valence electrons. The summed E-state index contributed by atoms with van der Waals surface area (Å²) in [5.41, 5.74) is 1.29. The van der Waals surface area contributed by atoms with E-state index in [-0.39, 0.29) is 10.6 Å². The highest BCUT2D eigenvalue weighted by Gasteiger charge is 2.18. The Hall–Kier alpha value is -2.78. The van der Waals surface area contributed by atoms with Crippen molar-refractivity contribution in [1.82, 2.24) is 0 Å². The van der Waals surface area contributed by atoms with Crippen molar-refractivity contribution in [1.29, 1.82) is 5.26 Å². The van der Waals surface area contributed by atoms with Crippen LogP contribution >= 0.6 is 23.2 Å². The van der Waals surface area contributed by atoms with Gasteiger partial charge < -0.3 is 4.18 Å². The molecule has 0 amide bonds. The standard InChI is InChI=1S/C21H13Cl2NO3S/c22-18-8-6-15(7-9-18)17(14-24)12-16-13-19(23)10-11-21(16)27-28(25,26)20-4-2-1-3-5-20/h1-13H/b17-12+. The van der Waals surface area contributed by atoms with E-state index in [2.05, 4.69) is 6.07 Å². The fourth-order valence-electron chi connectivity index (χ4n) is 2.43. The van der Waals surface area contributed by atoms with E-state index in [0.29, 0.717) is 26.7 Å². The third-order valence-corrected chi connectivity index (χ3v) is 5.51. The van der Waals surface area contributed by atoms with E-state index in [1.54, 1.807) is 42.5 Å². The second-order valence-electron chi connectivity index (χ2n) is 5.71. The van der Waals surface area contributed by atoms with Gasteiger partial charge in [0.15, 0.2) is 0 Å². The zero-order chi connectivity index (χ0) is 20.1. The van der Waals surface area contributed by atoms with Gasteiger partial charge >= 0.3 is 10.1 Å². The van der Waals surface area contributed by atoms with Gasteiger partial charge in [0.05, 0.1) is 11.6 Å². The minimum atomic E-state index is -4.03. The van der Waals surface area contributed by atoms with E-state index in [1.807, 2.05) is 0 Å². The smallest absolute Gasteiger partial charge is 0.339 e. The van der Waals surface area contributed by atoms with Crippen LogP contribution in [0.5, 0.6) is 5.75 Å². The van der Waals surface area contributed by atoms with Crippen molar-refractivity contribution in [2.45, 2.75) is 4.90 Å². The van der Waals surface area contributed by atoms with Gasteiger partial charge in [0, 0.05) is 15.6 Å². The largest absolute Gasteiger partial charge is 0.378 e. The monoisotopic (exact) mass is 429 g/mol. The number of nitrogens with zero attached hydrogens (tertiary/aromatic N) is 1. The van der Waals surface area contributed by atoms with Crippen LogP contribution in [0.2, 0.25) is 10.0 Å². The minimum Gasteiger partial charge on any atom is -0.378 e. The average Bonchev–Trinajstić information content (AvgIpc) is 2.69. The zero-order valence-corrected chi connectivity index (χ0v) is 16.7. The van der Waals surface area contributed by atoms with Crippen molar-refractivity contribution in [3.63, 3.8) is 0 Å². The molecule has 7 heteroatoms. The van der Waals surface area contributed by atoms with Gasteiger partial charge in [0.25, 0.3) is 0 Å². The van der Waals surface area contributed by atoms with Crippen molar-refractivity contribution in [2.75, 3.05) is 0 Å². The topological polar surface area (TPSA) is 67.2 Å². The molecule has 0 saturated heterocycles. The van der Waals surface area contributed by atoms with E-state index < -0.39 is 10.1 Å². The summed E-state index contributed by atoms with van der Waals surface area (Å²) in [6.45, 7) is 0. The Labute approximate surface area is 173 Å². The maximum Gasteiger partial charge on any atom is 0.339 e. The highest BCUT2D eigenvalue weighted by Crippen LogP contribution is 2.30. The Morgan fingerprint density at radius 2 is 1.57 bits per heavy atom. The van der Waals surface area contributed by atoms with Crippen LogP contribution in [0.15, 0.2) is 77.7 Å².